The normalized spacial score (nSPS) is 18.5. The number of hydrogen-bond donors (Lipinski definition) is 0. The van der Waals surface area contributed by atoms with Crippen LogP contribution < -0.4 is 19.1 Å². The van der Waals surface area contributed by atoms with Gasteiger partial charge in [-0.25, -0.2) is 0 Å². The Hall–Kier alpha value is -4.81. The van der Waals surface area contributed by atoms with Crippen LogP contribution in [0.15, 0.2) is 121 Å². The maximum Gasteiger partial charge on any atom is 0.119 e. The van der Waals surface area contributed by atoms with E-state index in [2.05, 4.69) is 99.8 Å². The molecule has 47 heavy (non-hydrogen) atoms. The Balaban J connectivity index is 1.19. The number of ether oxygens (including phenoxy) is 3. The first-order valence-corrected chi connectivity index (χ1v) is 16.5. The summed E-state index contributed by atoms with van der Waals surface area (Å²) < 4.78 is 16.5. The lowest BCUT2D eigenvalue weighted by Gasteiger charge is -2.40. The number of aromatic nitrogens is 1. The largest absolute Gasteiger partial charge is 0.497 e. The van der Waals surface area contributed by atoms with Crippen LogP contribution in [-0.2, 0) is 6.54 Å². The first-order chi connectivity index (χ1) is 23.1. The Bertz CT molecular complexity index is 1720. The van der Waals surface area contributed by atoms with Gasteiger partial charge in [0.05, 0.1) is 27.0 Å². The van der Waals surface area contributed by atoms with Gasteiger partial charge >= 0.3 is 0 Å². The highest BCUT2D eigenvalue weighted by Gasteiger charge is 2.26. The molecule has 1 aliphatic carbocycles. The van der Waals surface area contributed by atoms with Gasteiger partial charge in [0.15, 0.2) is 0 Å². The number of piperidine rings is 1. The molecule has 2 aliphatic rings. The molecule has 0 atom stereocenters. The van der Waals surface area contributed by atoms with Gasteiger partial charge in [-0.3, -0.25) is 9.88 Å². The quantitative estimate of drug-likeness (QED) is 0.166. The summed E-state index contributed by atoms with van der Waals surface area (Å²) in [5, 5.41) is 0. The molecule has 0 bridgehead atoms. The highest BCUT2D eigenvalue weighted by molar-refractivity contribution is 5.70. The molecule has 0 unspecified atom stereocenters. The average Bonchev–Trinajstić information content (AvgIpc) is 3.12. The fraction of sp³-hybridized carbons (Fsp3) is 0.293. The molecule has 0 amide bonds. The summed E-state index contributed by atoms with van der Waals surface area (Å²) in [5.74, 6) is 2.61. The van der Waals surface area contributed by atoms with E-state index in [1.54, 1.807) is 21.3 Å². The van der Waals surface area contributed by atoms with Crippen LogP contribution in [0.2, 0.25) is 0 Å². The minimum atomic E-state index is 0.424. The second-order valence-electron chi connectivity index (χ2n) is 12.2. The fourth-order valence-electron chi connectivity index (χ4n) is 6.58. The van der Waals surface area contributed by atoms with E-state index in [1.807, 2.05) is 30.5 Å². The van der Waals surface area contributed by atoms with Gasteiger partial charge in [-0.05, 0) is 109 Å². The number of hydrogen-bond acceptors (Lipinski definition) is 6. The summed E-state index contributed by atoms with van der Waals surface area (Å²) in [4.78, 5) is 9.83. The Labute approximate surface area is 279 Å². The summed E-state index contributed by atoms with van der Waals surface area (Å²) in [6.45, 7) is 3.83. The van der Waals surface area contributed by atoms with Crippen molar-refractivity contribution in [1.82, 2.24) is 9.88 Å². The molecule has 1 aliphatic heterocycles. The van der Waals surface area contributed by atoms with Gasteiger partial charge in [0.1, 0.15) is 17.2 Å². The van der Waals surface area contributed by atoms with Crippen molar-refractivity contribution in [3.05, 3.63) is 132 Å². The molecule has 1 saturated heterocycles. The van der Waals surface area contributed by atoms with E-state index in [9.17, 15) is 0 Å². The van der Waals surface area contributed by atoms with Crippen molar-refractivity contribution in [2.75, 3.05) is 45.9 Å². The number of methoxy groups -OCH3 is 3. The number of benzene rings is 3. The average molecular weight is 628 g/mol. The molecular weight excluding hydrogens is 582 g/mol. The predicted molar refractivity (Wildman–Crippen MR) is 192 cm³/mol. The van der Waals surface area contributed by atoms with Gasteiger partial charge in [-0.2, -0.15) is 0 Å². The number of allylic oxidation sites excluding steroid dienone is 4. The smallest absolute Gasteiger partial charge is 0.119 e. The lowest BCUT2D eigenvalue weighted by Crippen LogP contribution is -2.45. The van der Waals surface area contributed by atoms with Crippen molar-refractivity contribution in [1.29, 1.82) is 0 Å². The topological polar surface area (TPSA) is 47.1 Å². The lowest BCUT2D eigenvalue weighted by atomic mass is 9.95. The summed E-state index contributed by atoms with van der Waals surface area (Å²) in [6, 6.07) is 29.9. The van der Waals surface area contributed by atoms with Gasteiger partial charge in [-0.15, -0.1) is 0 Å². The molecule has 6 rings (SSSR count). The van der Waals surface area contributed by atoms with Crippen LogP contribution in [0, 0.1) is 0 Å². The summed E-state index contributed by atoms with van der Waals surface area (Å²) >= 11 is 0. The highest BCUT2D eigenvalue weighted by Crippen LogP contribution is 2.31. The van der Waals surface area contributed by atoms with E-state index in [0.29, 0.717) is 6.04 Å². The molecule has 2 heterocycles. The molecule has 6 nitrogen and oxygen atoms in total. The van der Waals surface area contributed by atoms with Crippen LogP contribution in [0.3, 0.4) is 0 Å². The molecule has 4 aromatic rings. The van der Waals surface area contributed by atoms with Gasteiger partial charge in [0.2, 0.25) is 0 Å². The zero-order valence-electron chi connectivity index (χ0n) is 27.8. The standard InChI is InChI=1S/C41H45N3O3/c1-45-38-17-15-36(16-18-38)44(30-31-9-5-4-6-10-33(25-31)34-11-7-13-39(27-34)46-2)37-20-23-43(24-21-37)29-32-19-22-42-41(26-32)35-12-8-14-40(28-35)47-3/h4-5,7-9,11-19,22,25-28,37H,6,10,20-21,23-24,29-30H2,1-3H3/b5-4-,31-9+,33-25+. The van der Waals surface area contributed by atoms with Crippen LogP contribution in [0.1, 0.15) is 36.8 Å². The molecule has 242 valence electrons. The molecule has 3 aromatic carbocycles. The van der Waals surface area contributed by atoms with Crippen molar-refractivity contribution in [3.63, 3.8) is 0 Å². The van der Waals surface area contributed by atoms with E-state index in [0.717, 1.165) is 80.4 Å². The Kier molecular flexibility index (Phi) is 10.7. The van der Waals surface area contributed by atoms with E-state index in [4.69, 9.17) is 14.2 Å². The fourth-order valence-corrected chi connectivity index (χ4v) is 6.58. The number of likely N-dealkylation sites (tertiary alicyclic amines) is 1. The predicted octanol–water partition coefficient (Wildman–Crippen LogP) is 8.61. The van der Waals surface area contributed by atoms with Crippen LogP contribution in [0.25, 0.3) is 16.8 Å². The maximum atomic E-state index is 5.54. The molecular formula is C41H45N3O3. The third-order valence-corrected chi connectivity index (χ3v) is 9.18. The van der Waals surface area contributed by atoms with Crippen molar-refractivity contribution in [2.24, 2.45) is 0 Å². The number of nitrogens with zero attached hydrogens (tertiary/aromatic N) is 3. The van der Waals surface area contributed by atoms with Crippen molar-refractivity contribution in [3.8, 4) is 28.5 Å². The zero-order valence-corrected chi connectivity index (χ0v) is 27.8. The summed E-state index contributed by atoms with van der Waals surface area (Å²) in [6.07, 6.45) is 15.3. The third kappa shape index (κ3) is 8.32. The molecule has 0 saturated carbocycles. The third-order valence-electron chi connectivity index (χ3n) is 9.18. The minimum Gasteiger partial charge on any atom is -0.497 e. The van der Waals surface area contributed by atoms with Crippen LogP contribution in [0.5, 0.6) is 17.2 Å². The SMILES string of the molecule is COc1ccc(N(CC2=C/C=C\CC/C(c3cccc(OC)c3)=C\2)C2CCN(Cc3ccnc(-c4cccc(OC)c4)c3)CC2)cc1. The first-order valence-electron chi connectivity index (χ1n) is 16.5. The monoisotopic (exact) mass is 627 g/mol. The Morgan fingerprint density at radius 1 is 0.787 bits per heavy atom. The summed E-state index contributed by atoms with van der Waals surface area (Å²) in [5.41, 5.74) is 8.43. The second kappa shape index (κ2) is 15.7. The van der Waals surface area contributed by atoms with E-state index >= 15 is 0 Å². The molecule has 0 spiro atoms. The van der Waals surface area contributed by atoms with E-state index in [-0.39, 0.29) is 0 Å². The minimum absolute atomic E-state index is 0.424. The lowest BCUT2D eigenvalue weighted by molar-refractivity contribution is 0.202. The second-order valence-corrected chi connectivity index (χ2v) is 12.2. The Morgan fingerprint density at radius 2 is 1.49 bits per heavy atom. The number of anilines is 1. The zero-order chi connectivity index (χ0) is 32.4. The van der Waals surface area contributed by atoms with Gasteiger partial charge in [0, 0.05) is 49.7 Å². The van der Waals surface area contributed by atoms with Crippen molar-refractivity contribution < 1.29 is 14.2 Å². The van der Waals surface area contributed by atoms with Crippen molar-refractivity contribution in [2.45, 2.75) is 38.3 Å². The first kappa shape index (κ1) is 32.1. The number of pyridine rings is 1. The maximum absolute atomic E-state index is 5.54. The van der Waals surface area contributed by atoms with E-state index in [1.165, 1.54) is 28.0 Å². The number of rotatable bonds is 11. The van der Waals surface area contributed by atoms with Gasteiger partial charge < -0.3 is 19.1 Å². The Morgan fingerprint density at radius 3 is 2.21 bits per heavy atom. The van der Waals surface area contributed by atoms with Gasteiger partial charge in [-0.1, -0.05) is 48.6 Å². The molecule has 0 radical (unpaired) electrons. The summed E-state index contributed by atoms with van der Waals surface area (Å²) in [7, 11) is 5.15. The van der Waals surface area contributed by atoms with Crippen LogP contribution >= 0.6 is 0 Å². The molecule has 1 aromatic heterocycles. The molecule has 1 fully saturated rings. The van der Waals surface area contributed by atoms with Crippen LogP contribution in [0.4, 0.5) is 5.69 Å². The van der Waals surface area contributed by atoms with Gasteiger partial charge in [0.25, 0.3) is 0 Å². The van der Waals surface area contributed by atoms with Crippen molar-refractivity contribution >= 4 is 11.3 Å². The van der Waals surface area contributed by atoms with Crippen LogP contribution in [-0.4, -0.2) is 56.9 Å². The molecule has 0 N–H and O–H groups in total. The van der Waals surface area contributed by atoms with E-state index < -0.39 is 0 Å². The highest BCUT2D eigenvalue weighted by atomic mass is 16.5. The molecule has 6 heteroatoms.